The molecule has 4 heteroatoms. The van der Waals surface area contributed by atoms with Crippen molar-refractivity contribution in [2.75, 3.05) is 12.9 Å². The Morgan fingerprint density at radius 2 is 2.00 bits per heavy atom. The van der Waals surface area contributed by atoms with Crippen LogP contribution in [0.3, 0.4) is 0 Å². The lowest BCUT2D eigenvalue weighted by atomic mass is 10.1. The molecule has 0 radical (unpaired) electrons. The predicted octanol–water partition coefficient (Wildman–Crippen LogP) is 3.24. The van der Waals surface area contributed by atoms with Crippen LogP contribution in [0.2, 0.25) is 0 Å². The summed E-state index contributed by atoms with van der Waals surface area (Å²) in [4.78, 5) is 0. The SMILES string of the molecule is CCCS(=O)Cc1cc(CNC(C)(C)C)ccc1OC. The third-order valence-corrected chi connectivity index (χ3v) is 4.41. The van der Waals surface area contributed by atoms with E-state index in [2.05, 4.69) is 45.1 Å². The van der Waals surface area contributed by atoms with E-state index in [1.54, 1.807) is 7.11 Å². The van der Waals surface area contributed by atoms with Crippen LogP contribution in [-0.2, 0) is 23.1 Å². The molecule has 0 aromatic heterocycles. The summed E-state index contributed by atoms with van der Waals surface area (Å²) in [5.74, 6) is 2.14. The van der Waals surface area contributed by atoms with E-state index >= 15 is 0 Å². The number of methoxy groups -OCH3 is 1. The van der Waals surface area contributed by atoms with Crippen molar-refractivity contribution in [2.24, 2.45) is 0 Å². The zero-order valence-electron chi connectivity index (χ0n) is 13.3. The molecule has 0 aliphatic carbocycles. The van der Waals surface area contributed by atoms with Crippen molar-refractivity contribution in [2.45, 2.75) is 52.0 Å². The molecule has 0 aliphatic heterocycles. The Morgan fingerprint density at radius 1 is 1.30 bits per heavy atom. The number of rotatable bonds is 7. The molecule has 0 fully saturated rings. The van der Waals surface area contributed by atoms with E-state index in [0.717, 1.165) is 30.0 Å². The Kier molecular flexibility index (Phi) is 6.69. The van der Waals surface area contributed by atoms with Crippen molar-refractivity contribution in [3.63, 3.8) is 0 Å². The van der Waals surface area contributed by atoms with Crippen LogP contribution < -0.4 is 10.1 Å². The minimum absolute atomic E-state index is 0.0884. The minimum atomic E-state index is -0.813. The molecule has 1 aromatic rings. The second kappa shape index (κ2) is 7.79. The number of hydrogen-bond donors (Lipinski definition) is 1. The maximum atomic E-state index is 11.9. The quantitative estimate of drug-likeness (QED) is 0.839. The molecule has 0 saturated carbocycles. The third-order valence-electron chi connectivity index (χ3n) is 2.92. The Hall–Kier alpha value is -0.870. The smallest absolute Gasteiger partial charge is 0.123 e. The maximum Gasteiger partial charge on any atom is 0.123 e. The van der Waals surface area contributed by atoms with Crippen LogP contribution in [0, 0.1) is 0 Å². The summed E-state index contributed by atoms with van der Waals surface area (Å²) in [6, 6.07) is 6.13. The van der Waals surface area contributed by atoms with Crippen molar-refractivity contribution in [3.05, 3.63) is 29.3 Å². The molecule has 20 heavy (non-hydrogen) atoms. The van der Waals surface area contributed by atoms with Gasteiger partial charge in [-0.15, -0.1) is 0 Å². The van der Waals surface area contributed by atoms with Crippen LogP contribution in [-0.4, -0.2) is 22.6 Å². The molecule has 1 atom stereocenters. The van der Waals surface area contributed by atoms with Crippen molar-refractivity contribution in [3.8, 4) is 5.75 Å². The molecular weight excluding hydrogens is 270 g/mol. The van der Waals surface area contributed by atoms with E-state index in [-0.39, 0.29) is 5.54 Å². The summed E-state index contributed by atoms with van der Waals surface area (Å²) >= 11 is 0. The Balaban J connectivity index is 2.82. The molecule has 0 saturated heterocycles. The average Bonchev–Trinajstić information content (AvgIpc) is 2.36. The number of nitrogens with one attached hydrogen (secondary N) is 1. The van der Waals surface area contributed by atoms with Crippen LogP contribution in [0.25, 0.3) is 0 Å². The van der Waals surface area contributed by atoms with Gasteiger partial charge in [-0.1, -0.05) is 13.0 Å². The van der Waals surface area contributed by atoms with E-state index in [1.165, 1.54) is 5.56 Å². The standard InChI is InChI=1S/C16H27NO2S/c1-6-9-20(18)12-14-10-13(7-8-15(14)19-5)11-17-16(2,3)4/h7-8,10,17H,6,9,11-12H2,1-5H3. The van der Waals surface area contributed by atoms with Gasteiger partial charge in [0, 0.05) is 34.2 Å². The fourth-order valence-electron chi connectivity index (χ4n) is 1.90. The molecule has 0 bridgehead atoms. The summed E-state index contributed by atoms with van der Waals surface area (Å²) in [6.07, 6.45) is 0.945. The molecule has 114 valence electrons. The molecule has 3 nitrogen and oxygen atoms in total. The molecular formula is C16H27NO2S. The number of benzene rings is 1. The molecule has 0 heterocycles. The maximum absolute atomic E-state index is 11.9. The van der Waals surface area contributed by atoms with Gasteiger partial charge in [0.2, 0.25) is 0 Å². The second-order valence-electron chi connectivity index (χ2n) is 6.04. The van der Waals surface area contributed by atoms with Crippen molar-refractivity contribution in [1.82, 2.24) is 5.32 Å². The highest BCUT2D eigenvalue weighted by Gasteiger charge is 2.11. The fourth-order valence-corrected chi connectivity index (χ4v) is 3.07. The van der Waals surface area contributed by atoms with Crippen molar-refractivity contribution < 1.29 is 8.95 Å². The third kappa shape index (κ3) is 6.06. The number of ether oxygens (including phenoxy) is 1. The minimum Gasteiger partial charge on any atom is -0.496 e. The molecule has 0 spiro atoms. The highest BCUT2D eigenvalue weighted by atomic mass is 32.2. The van der Waals surface area contributed by atoms with Gasteiger partial charge in [0.25, 0.3) is 0 Å². The summed E-state index contributed by atoms with van der Waals surface area (Å²) < 4.78 is 17.3. The topological polar surface area (TPSA) is 38.3 Å². The van der Waals surface area contributed by atoms with E-state index in [4.69, 9.17) is 4.74 Å². The van der Waals surface area contributed by atoms with Gasteiger partial charge >= 0.3 is 0 Å². The zero-order chi connectivity index (χ0) is 15.2. The highest BCUT2D eigenvalue weighted by molar-refractivity contribution is 7.84. The molecule has 0 aliphatic rings. The second-order valence-corrected chi connectivity index (χ2v) is 7.61. The van der Waals surface area contributed by atoms with Gasteiger partial charge in [-0.2, -0.15) is 0 Å². The van der Waals surface area contributed by atoms with Crippen LogP contribution in [0.4, 0.5) is 0 Å². The Bertz CT molecular complexity index is 452. The molecule has 1 N–H and O–H groups in total. The first-order valence-electron chi connectivity index (χ1n) is 7.11. The molecule has 1 aromatic carbocycles. The van der Waals surface area contributed by atoms with Gasteiger partial charge < -0.3 is 10.1 Å². The van der Waals surface area contributed by atoms with Gasteiger partial charge in [-0.25, -0.2) is 0 Å². The Labute approximate surface area is 125 Å². The lowest BCUT2D eigenvalue weighted by molar-refractivity contribution is 0.409. The summed E-state index contributed by atoms with van der Waals surface area (Å²) in [5, 5.41) is 3.46. The van der Waals surface area contributed by atoms with Gasteiger partial charge in [0.1, 0.15) is 5.75 Å². The lowest BCUT2D eigenvalue weighted by Crippen LogP contribution is -2.35. The van der Waals surface area contributed by atoms with Gasteiger partial charge in [-0.05, 0) is 44.9 Å². The monoisotopic (exact) mass is 297 g/mol. The van der Waals surface area contributed by atoms with Crippen molar-refractivity contribution in [1.29, 1.82) is 0 Å². The van der Waals surface area contributed by atoms with E-state index in [1.807, 2.05) is 6.07 Å². The van der Waals surface area contributed by atoms with Crippen LogP contribution in [0.5, 0.6) is 5.75 Å². The van der Waals surface area contributed by atoms with Crippen LogP contribution in [0.1, 0.15) is 45.2 Å². The first kappa shape index (κ1) is 17.2. The van der Waals surface area contributed by atoms with E-state index < -0.39 is 10.8 Å². The van der Waals surface area contributed by atoms with Crippen LogP contribution in [0.15, 0.2) is 18.2 Å². The average molecular weight is 297 g/mol. The summed E-state index contributed by atoms with van der Waals surface area (Å²) in [5.41, 5.74) is 2.32. The molecule has 0 amide bonds. The predicted molar refractivity (Wildman–Crippen MR) is 86.6 cm³/mol. The fraction of sp³-hybridized carbons (Fsp3) is 0.625. The first-order valence-corrected chi connectivity index (χ1v) is 8.60. The first-order chi connectivity index (χ1) is 9.35. The van der Waals surface area contributed by atoms with Gasteiger partial charge in [0.15, 0.2) is 0 Å². The summed E-state index contributed by atoms with van der Waals surface area (Å²) in [6.45, 7) is 9.30. The largest absolute Gasteiger partial charge is 0.496 e. The van der Waals surface area contributed by atoms with E-state index in [9.17, 15) is 4.21 Å². The normalized spacial score (nSPS) is 13.2. The zero-order valence-corrected chi connectivity index (χ0v) is 14.1. The van der Waals surface area contributed by atoms with Crippen LogP contribution >= 0.6 is 0 Å². The van der Waals surface area contributed by atoms with Gasteiger partial charge in [-0.3, -0.25) is 4.21 Å². The van der Waals surface area contributed by atoms with Crippen molar-refractivity contribution >= 4 is 10.8 Å². The highest BCUT2D eigenvalue weighted by Crippen LogP contribution is 2.22. The molecule has 1 rings (SSSR count). The molecule has 1 unspecified atom stereocenters. The Morgan fingerprint density at radius 3 is 2.55 bits per heavy atom. The van der Waals surface area contributed by atoms with E-state index in [0.29, 0.717) is 5.75 Å². The van der Waals surface area contributed by atoms with Gasteiger partial charge in [0.05, 0.1) is 12.9 Å². The number of hydrogen-bond acceptors (Lipinski definition) is 3. The summed E-state index contributed by atoms with van der Waals surface area (Å²) in [7, 11) is 0.849. The lowest BCUT2D eigenvalue weighted by Gasteiger charge is -2.21.